The van der Waals surface area contributed by atoms with Crippen LogP contribution in [0.5, 0.6) is 0 Å². The fraction of sp³-hybridized carbons (Fsp3) is 0. The minimum absolute atomic E-state index is 0.0729. The molecule has 0 aliphatic rings. The van der Waals surface area contributed by atoms with Gasteiger partial charge in [0.15, 0.2) is 17.3 Å². The van der Waals surface area contributed by atoms with Gasteiger partial charge in [-0.1, -0.05) is 127 Å². The topological polar surface area (TPSA) is 57.8 Å². The van der Waals surface area contributed by atoms with Crippen molar-refractivity contribution in [3.8, 4) is 40.1 Å². The van der Waals surface area contributed by atoms with E-state index in [1.807, 2.05) is 0 Å². The third-order valence-electron chi connectivity index (χ3n) is 9.92. The van der Waals surface area contributed by atoms with Crippen molar-refractivity contribution in [1.29, 1.82) is 0 Å². The Labute approximate surface area is 370 Å². The molecule has 4 heterocycles. The number of aromatic nitrogens is 6. The van der Waals surface area contributed by atoms with Crippen molar-refractivity contribution in [1.82, 2.24) is 28.7 Å². The fourth-order valence-corrected chi connectivity index (χ4v) is 7.50. The second-order valence-corrected chi connectivity index (χ2v) is 13.0. The summed E-state index contributed by atoms with van der Waals surface area (Å²) in [5.41, 5.74) is -2.98. The summed E-state index contributed by atoms with van der Waals surface area (Å²) in [5, 5.41) is -1.81. The van der Waals surface area contributed by atoms with E-state index >= 15 is 0 Å². The Morgan fingerprint density at radius 2 is 0.780 bits per heavy atom. The molecule has 0 saturated carbocycles. The van der Waals surface area contributed by atoms with Gasteiger partial charge in [0.05, 0.1) is 75.7 Å². The molecule has 0 amide bonds. The highest BCUT2D eigenvalue weighted by Gasteiger charge is 2.23. The van der Waals surface area contributed by atoms with Crippen LogP contribution < -0.4 is 0 Å². The first kappa shape index (κ1) is 17.4. The Morgan fingerprint density at radius 3 is 1.20 bits per heavy atom. The number of nitrogens with zero attached hydrogens (tertiary/aromatic N) is 7. The van der Waals surface area contributed by atoms with Gasteiger partial charge in [0.25, 0.3) is 0 Å². The maximum absolute atomic E-state index is 9.45. The average Bonchev–Trinajstić information content (AvgIpc) is 4.35. The van der Waals surface area contributed by atoms with Crippen molar-refractivity contribution in [2.45, 2.75) is 0 Å². The van der Waals surface area contributed by atoms with Crippen LogP contribution in [0.1, 0.15) is 31.5 Å². The Hall–Kier alpha value is -8.34. The molecule has 4 aromatic heterocycles. The molecule has 0 radical (unpaired) electrons. The summed E-state index contributed by atoms with van der Waals surface area (Å²) in [4.78, 5) is 18.1. The lowest BCUT2D eigenvalue weighted by molar-refractivity contribution is 0.950. The van der Waals surface area contributed by atoms with E-state index in [1.54, 1.807) is 0 Å². The first-order chi connectivity index (χ1) is 38.8. The largest absolute Gasteiger partial charge is 0.309 e. The molecule has 0 spiro atoms. The van der Waals surface area contributed by atoms with Crippen molar-refractivity contribution in [3.05, 3.63) is 199 Å². The first-order valence-corrected chi connectivity index (χ1v) is 17.7. The monoisotopic (exact) mass is 776 g/mol. The quantitative estimate of drug-likeness (QED) is 0.164. The Morgan fingerprint density at radius 1 is 0.407 bits per heavy atom. The number of rotatable bonds is 5. The lowest BCUT2D eigenvalue weighted by atomic mass is 10.1. The molecular weight excluding hydrogens is 723 g/mol. The minimum atomic E-state index is -0.790. The summed E-state index contributed by atoms with van der Waals surface area (Å²) in [6, 6.07) is -4.15. The van der Waals surface area contributed by atoms with E-state index in [2.05, 4.69) is 4.85 Å². The van der Waals surface area contributed by atoms with Gasteiger partial charge in [-0.05, 0) is 60.5 Å². The lowest BCUT2D eigenvalue weighted by Gasteiger charge is -2.17. The Kier molecular flexibility index (Phi) is 3.80. The van der Waals surface area contributed by atoms with Crippen LogP contribution in [0, 0.1) is 6.57 Å². The van der Waals surface area contributed by atoms with Gasteiger partial charge in [0.2, 0.25) is 5.95 Å². The molecule has 0 aliphatic carbocycles. The standard InChI is InChI=1S/C52H31N7/c1-53-33-30-31-39-38-20-6-13-27-46(38)59(49(39)32-33)52-55-50(40-21-7-14-28-47(40)57-42-23-9-2-16-34(42)35-17-3-10-24-43(35)57)54-51(56-52)41-22-8-15-29-48(41)58-44-25-11-4-18-36(44)37-19-5-12-26-45(37)58/h2-32H/i2D,3D,4D,5D,6D,9D,10D,11D,12D,13D,16D,17D,18D,19D,20D,23D,24D,25D,26D,27D,30D,31D,32D. The van der Waals surface area contributed by atoms with Crippen LogP contribution in [0.4, 0.5) is 5.69 Å². The number of fused-ring (bicyclic) bond motifs is 9. The van der Waals surface area contributed by atoms with Crippen LogP contribution in [0.3, 0.4) is 0 Å². The highest BCUT2D eigenvalue weighted by atomic mass is 15.2. The summed E-state index contributed by atoms with van der Waals surface area (Å²) in [5.74, 6) is -1.39. The molecule has 7 heteroatoms. The van der Waals surface area contributed by atoms with E-state index in [0.29, 0.717) is 0 Å². The molecule has 274 valence electrons. The zero-order valence-electron chi connectivity index (χ0n) is 52.7. The normalized spacial score (nSPS) is 17.2. The van der Waals surface area contributed by atoms with Crippen molar-refractivity contribution < 1.29 is 31.5 Å². The average molecular weight is 777 g/mol. The zero-order valence-corrected chi connectivity index (χ0v) is 29.7. The van der Waals surface area contributed by atoms with Crippen LogP contribution in [0.2, 0.25) is 0 Å². The van der Waals surface area contributed by atoms with Crippen molar-refractivity contribution >= 4 is 71.1 Å². The number of hydrogen-bond donors (Lipinski definition) is 0. The van der Waals surface area contributed by atoms with Gasteiger partial charge < -0.3 is 9.13 Å². The predicted molar refractivity (Wildman–Crippen MR) is 240 cm³/mol. The molecule has 0 N–H and O–H groups in total. The highest BCUT2D eigenvalue weighted by Crippen LogP contribution is 2.40. The molecule has 12 aromatic rings. The Balaban J connectivity index is 1.30. The number of para-hydroxylation sites is 7. The van der Waals surface area contributed by atoms with Gasteiger partial charge >= 0.3 is 0 Å². The highest BCUT2D eigenvalue weighted by molar-refractivity contribution is 6.12. The molecule has 8 aromatic carbocycles. The third-order valence-corrected chi connectivity index (χ3v) is 9.92. The van der Waals surface area contributed by atoms with E-state index in [0.717, 1.165) is 4.57 Å². The number of benzene rings is 8. The fourth-order valence-electron chi connectivity index (χ4n) is 7.50. The van der Waals surface area contributed by atoms with E-state index in [-0.39, 0.29) is 76.9 Å². The maximum atomic E-state index is 9.45. The van der Waals surface area contributed by atoms with Gasteiger partial charge in [-0.3, -0.25) is 4.57 Å². The van der Waals surface area contributed by atoms with E-state index < -0.39 is 173 Å². The maximum Gasteiger partial charge on any atom is 0.238 e. The molecule has 7 nitrogen and oxygen atoms in total. The first-order valence-electron chi connectivity index (χ1n) is 29.2. The molecule has 59 heavy (non-hydrogen) atoms. The van der Waals surface area contributed by atoms with Crippen molar-refractivity contribution in [2.24, 2.45) is 0 Å². The molecule has 0 fully saturated rings. The van der Waals surface area contributed by atoms with E-state index in [1.165, 1.54) is 57.7 Å². The molecule has 0 atom stereocenters. The molecule has 0 saturated heterocycles. The number of hydrogen-bond acceptors (Lipinski definition) is 3. The van der Waals surface area contributed by atoms with Gasteiger partial charge in [-0.2, -0.15) is 9.97 Å². The minimum Gasteiger partial charge on any atom is -0.309 e. The molecule has 0 unspecified atom stereocenters. The lowest BCUT2D eigenvalue weighted by Crippen LogP contribution is -2.09. The predicted octanol–water partition coefficient (Wildman–Crippen LogP) is 13.0. The van der Waals surface area contributed by atoms with Gasteiger partial charge in [0.1, 0.15) is 0 Å². The smallest absolute Gasteiger partial charge is 0.238 e. The van der Waals surface area contributed by atoms with Gasteiger partial charge in [0, 0.05) is 50.3 Å². The summed E-state index contributed by atoms with van der Waals surface area (Å²) >= 11 is 0. The molecule has 12 rings (SSSR count). The van der Waals surface area contributed by atoms with Gasteiger partial charge in [-0.15, -0.1) is 0 Å². The van der Waals surface area contributed by atoms with Crippen LogP contribution in [-0.2, 0) is 0 Å². The van der Waals surface area contributed by atoms with Crippen LogP contribution >= 0.6 is 0 Å². The van der Waals surface area contributed by atoms with Crippen LogP contribution in [0.15, 0.2) is 188 Å². The second kappa shape index (κ2) is 12.8. The SMILES string of the molecule is [2H]c1c([2H])c([2H])c2c(c1[2H])c1c([2H])c([2H])c([N+]#[C-])c([2H])c1n2-c1nc(-c2ccccc2-n2c3c([2H])c([2H])c([2H])c([2H])c3c3c([2H])c([2H])c([2H])c([2H])c32)nc(-c2ccccc2-n2c3c([2H])c([2H])c([2H])c([2H])c3c3c([2H])c([2H])c([2H])c([2H])c32)n1. The Bertz CT molecular complexity index is 4680. The second-order valence-electron chi connectivity index (χ2n) is 13.0. The molecule has 0 aliphatic heterocycles. The summed E-state index contributed by atoms with van der Waals surface area (Å²) in [6.07, 6.45) is 0. The molecular formula is C52H31N7. The zero-order chi connectivity index (χ0) is 59.0. The van der Waals surface area contributed by atoms with Crippen molar-refractivity contribution in [2.75, 3.05) is 0 Å². The third kappa shape index (κ3) is 4.90. The summed E-state index contributed by atoms with van der Waals surface area (Å²) < 4.78 is 210. The van der Waals surface area contributed by atoms with Gasteiger partial charge in [-0.25, -0.2) is 9.83 Å². The van der Waals surface area contributed by atoms with E-state index in [4.69, 9.17) is 43.5 Å². The molecule has 0 bridgehead atoms. The van der Waals surface area contributed by atoms with E-state index in [9.17, 15) is 9.60 Å². The summed E-state index contributed by atoms with van der Waals surface area (Å²) in [7, 11) is 0. The van der Waals surface area contributed by atoms with Crippen LogP contribution in [-0.4, -0.2) is 28.7 Å². The summed E-state index contributed by atoms with van der Waals surface area (Å²) in [6.45, 7) is 8.00. The van der Waals surface area contributed by atoms with Crippen LogP contribution in [0.25, 0.3) is 110 Å². The van der Waals surface area contributed by atoms with Crippen molar-refractivity contribution in [3.63, 3.8) is 0 Å².